The molecule has 0 aromatic carbocycles. The topological polar surface area (TPSA) is 83.8 Å². The Bertz CT molecular complexity index is 276. The zero-order valence-electron chi connectivity index (χ0n) is 10.6. The zero-order chi connectivity index (χ0) is 13.3. The van der Waals surface area contributed by atoms with Crippen molar-refractivity contribution in [2.75, 3.05) is 6.61 Å². The first kappa shape index (κ1) is 16.8. The molecule has 6 heteroatoms. The van der Waals surface area contributed by atoms with Crippen LogP contribution in [0.1, 0.15) is 52.4 Å². The molecule has 0 spiro atoms. The van der Waals surface area contributed by atoms with Crippen LogP contribution >= 0.6 is 0 Å². The Labute approximate surface area is 104 Å². The lowest BCUT2D eigenvalue weighted by Gasteiger charge is -2.19. The van der Waals surface area contributed by atoms with E-state index in [-0.39, 0.29) is 19.1 Å². The van der Waals surface area contributed by atoms with Gasteiger partial charge in [0.1, 0.15) is 0 Å². The highest BCUT2D eigenvalue weighted by Gasteiger charge is 2.25. The van der Waals surface area contributed by atoms with Gasteiger partial charge in [0.05, 0.1) is 6.10 Å². The quantitative estimate of drug-likeness (QED) is 0.467. The van der Waals surface area contributed by atoms with Gasteiger partial charge in [0, 0.05) is 13.0 Å². The highest BCUT2D eigenvalue weighted by molar-refractivity contribution is 7.86. The maximum atomic E-state index is 11.0. The Morgan fingerprint density at radius 3 is 2.29 bits per heavy atom. The highest BCUT2D eigenvalue weighted by atomic mass is 32.2. The molecule has 104 valence electrons. The molecule has 0 aliphatic rings. The smallest absolute Gasteiger partial charge is 0.292 e. The number of rotatable bonds is 10. The summed E-state index contributed by atoms with van der Waals surface area (Å²) in [4.78, 5) is 0. The first-order chi connectivity index (χ1) is 7.91. The van der Waals surface area contributed by atoms with E-state index in [0.717, 1.165) is 32.1 Å². The third kappa shape index (κ3) is 8.54. The maximum absolute atomic E-state index is 11.0. The second-order valence-corrected chi connectivity index (χ2v) is 5.81. The van der Waals surface area contributed by atoms with Crippen LogP contribution in [-0.2, 0) is 14.9 Å². The summed E-state index contributed by atoms with van der Waals surface area (Å²) < 4.78 is 36.0. The summed E-state index contributed by atoms with van der Waals surface area (Å²) in [6.07, 6.45) is 4.81. The summed E-state index contributed by atoms with van der Waals surface area (Å²) in [6, 6.07) is 0. The van der Waals surface area contributed by atoms with Crippen LogP contribution < -0.4 is 0 Å². The van der Waals surface area contributed by atoms with Gasteiger partial charge in [-0.1, -0.05) is 32.6 Å². The highest BCUT2D eigenvalue weighted by Crippen LogP contribution is 2.14. The normalized spacial score (nSPS) is 15.8. The Hall–Kier alpha value is -0.170. The predicted molar refractivity (Wildman–Crippen MR) is 66.3 cm³/mol. The second kappa shape index (κ2) is 8.85. The van der Waals surface area contributed by atoms with E-state index in [2.05, 4.69) is 6.92 Å². The van der Waals surface area contributed by atoms with Crippen molar-refractivity contribution in [2.45, 2.75) is 63.9 Å². The largest absolute Gasteiger partial charge is 0.396 e. The minimum absolute atomic E-state index is 0.0991. The summed E-state index contributed by atoms with van der Waals surface area (Å²) in [5.41, 5.74) is -1.31. The van der Waals surface area contributed by atoms with Crippen LogP contribution in [-0.4, -0.2) is 36.2 Å². The monoisotopic (exact) mass is 268 g/mol. The fraction of sp³-hybridized carbons (Fsp3) is 1.00. The number of ether oxygens (including phenoxy) is 1. The van der Waals surface area contributed by atoms with E-state index in [9.17, 15) is 8.42 Å². The Kier molecular flexibility index (Phi) is 8.77. The molecule has 0 bridgehead atoms. The van der Waals surface area contributed by atoms with Crippen molar-refractivity contribution < 1.29 is 22.8 Å². The van der Waals surface area contributed by atoms with Gasteiger partial charge in [-0.3, -0.25) is 4.55 Å². The first-order valence-electron chi connectivity index (χ1n) is 6.14. The standard InChI is InChI=1S/C11H24O5S/c1-3-4-5-6-7-10(2)16-11(8-9-12)17(13,14)15/h10-12H,3-9H2,1-2H3,(H,13,14,15). The second-order valence-electron chi connectivity index (χ2n) is 4.25. The third-order valence-electron chi connectivity index (χ3n) is 2.55. The summed E-state index contributed by atoms with van der Waals surface area (Å²) in [5.74, 6) is 0. The minimum atomic E-state index is -4.24. The van der Waals surface area contributed by atoms with Gasteiger partial charge in [-0.2, -0.15) is 8.42 Å². The number of unbranched alkanes of at least 4 members (excludes halogenated alkanes) is 3. The predicted octanol–water partition coefficient (Wildman–Crippen LogP) is 1.96. The molecule has 0 rings (SSSR count). The molecule has 17 heavy (non-hydrogen) atoms. The van der Waals surface area contributed by atoms with Gasteiger partial charge in [-0.25, -0.2) is 0 Å². The molecule has 0 aromatic heterocycles. The number of hydrogen-bond donors (Lipinski definition) is 2. The van der Waals surface area contributed by atoms with Gasteiger partial charge in [-0.15, -0.1) is 0 Å². The SMILES string of the molecule is CCCCCCC(C)OC(CCO)S(=O)(=O)O. The van der Waals surface area contributed by atoms with Crippen LogP contribution in [0.25, 0.3) is 0 Å². The van der Waals surface area contributed by atoms with E-state index < -0.39 is 15.6 Å². The van der Waals surface area contributed by atoms with E-state index in [4.69, 9.17) is 14.4 Å². The molecule has 5 nitrogen and oxygen atoms in total. The van der Waals surface area contributed by atoms with E-state index in [1.807, 2.05) is 0 Å². The van der Waals surface area contributed by atoms with Gasteiger partial charge in [0.2, 0.25) is 0 Å². The number of aliphatic hydroxyl groups excluding tert-OH is 1. The van der Waals surface area contributed by atoms with Crippen LogP contribution in [0.5, 0.6) is 0 Å². The van der Waals surface area contributed by atoms with Crippen LogP contribution in [0, 0.1) is 0 Å². The van der Waals surface area contributed by atoms with Gasteiger partial charge in [0.15, 0.2) is 5.44 Å². The molecule has 0 aromatic rings. The van der Waals surface area contributed by atoms with Crippen molar-refractivity contribution in [3.05, 3.63) is 0 Å². The van der Waals surface area contributed by atoms with Crippen LogP contribution in [0.4, 0.5) is 0 Å². The first-order valence-corrected chi connectivity index (χ1v) is 7.64. The van der Waals surface area contributed by atoms with Crippen LogP contribution in [0.2, 0.25) is 0 Å². The average molecular weight is 268 g/mol. The summed E-state index contributed by atoms with van der Waals surface area (Å²) in [5, 5.41) is 8.70. The molecule has 2 N–H and O–H groups in total. The summed E-state index contributed by atoms with van der Waals surface area (Å²) in [7, 11) is -4.24. The molecule has 0 saturated heterocycles. The van der Waals surface area contributed by atoms with Gasteiger partial charge < -0.3 is 9.84 Å². The molecule has 2 atom stereocenters. The van der Waals surface area contributed by atoms with Crippen molar-refractivity contribution in [1.82, 2.24) is 0 Å². The summed E-state index contributed by atoms with van der Waals surface area (Å²) >= 11 is 0. The van der Waals surface area contributed by atoms with Crippen molar-refractivity contribution in [1.29, 1.82) is 0 Å². The molecular formula is C11H24O5S. The number of hydrogen-bond acceptors (Lipinski definition) is 4. The third-order valence-corrected chi connectivity index (χ3v) is 3.56. The molecule has 0 amide bonds. The van der Waals surface area contributed by atoms with E-state index in [1.165, 1.54) is 0 Å². The molecule has 0 heterocycles. The zero-order valence-corrected chi connectivity index (χ0v) is 11.4. The van der Waals surface area contributed by atoms with E-state index >= 15 is 0 Å². The molecule has 2 unspecified atom stereocenters. The Morgan fingerprint density at radius 1 is 1.18 bits per heavy atom. The summed E-state index contributed by atoms with van der Waals surface area (Å²) in [6.45, 7) is 3.57. The molecule has 0 aliphatic heterocycles. The minimum Gasteiger partial charge on any atom is -0.396 e. The fourth-order valence-corrected chi connectivity index (χ4v) is 2.31. The van der Waals surface area contributed by atoms with E-state index in [0.29, 0.717) is 0 Å². The maximum Gasteiger partial charge on any atom is 0.292 e. The Balaban J connectivity index is 4.00. The lowest BCUT2D eigenvalue weighted by Crippen LogP contribution is -2.29. The van der Waals surface area contributed by atoms with Crippen molar-refractivity contribution in [3.8, 4) is 0 Å². The molecule has 0 fully saturated rings. The van der Waals surface area contributed by atoms with E-state index in [1.54, 1.807) is 6.92 Å². The van der Waals surface area contributed by atoms with Crippen LogP contribution in [0.15, 0.2) is 0 Å². The van der Waals surface area contributed by atoms with Crippen molar-refractivity contribution in [2.24, 2.45) is 0 Å². The molecular weight excluding hydrogens is 244 g/mol. The van der Waals surface area contributed by atoms with Gasteiger partial charge in [-0.05, 0) is 13.3 Å². The van der Waals surface area contributed by atoms with Crippen molar-refractivity contribution >= 4 is 10.1 Å². The lowest BCUT2D eigenvalue weighted by molar-refractivity contribution is 0.0195. The fourth-order valence-electron chi connectivity index (χ4n) is 1.58. The average Bonchev–Trinajstić information content (AvgIpc) is 2.22. The van der Waals surface area contributed by atoms with Crippen LogP contribution in [0.3, 0.4) is 0 Å². The van der Waals surface area contributed by atoms with Crippen molar-refractivity contribution in [3.63, 3.8) is 0 Å². The molecule has 0 saturated carbocycles. The van der Waals surface area contributed by atoms with Gasteiger partial charge >= 0.3 is 0 Å². The Morgan fingerprint density at radius 2 is 1.82 bits per heavy atom. The molecule has 0 radical (unpaired) electrons. The number of aliphatic hydroxyl groups is 1. The van der Waals surface area contributed by atoms with Gasteiger partial charge in [0.25, 0.3) is 10.1 Å². The molecule has 0 aliphatic carbocycles. The lowest BCUT2D eigenvalue weighted by atomic mass is 10.1.